The lowest BCUT2D eigenvalue weighted by Gasteiger charge is -2.03. The number of thiophene rings is 1. The molecule has 1 rings (SSSR count). The molecule has 0 fully saturated rings. The van der Waals surface area contributed by atoms with Crippen LogP contribution in [0.3, 0.4) is 0 Å². The molecule has 1 N–H and O–H groups in total. The van der Waals surface area contributed by atoms with Gasteiger partial charge in [-0.1, -0.05) is 31.4 Å². The van der Waals surface area contributed by atoms with Crippen LogP contribution in [0.4, 0.5) is 5.69 Å². The maximum Gasteiger partial charge on any atom is 0.300 e. The quantitative estimate of drug-likeness (QED) is 0.476. The lowest BCUT2D eigenvalue weighted by Crippen LogP contribution is -2.23. The van der Waals surface area contributed by atoms with E-state index in [1.54, 1.807) is 0 Å². The molecule has 0 aliphatic carbocycles. The fourth-order valence-electron chi connectivity index (χ4n) is 1.25. The van der Waals surface area contributed by atoms with Gasteiger partial charge in [-0.2, -0.15) is 0 Å². The van der Waals surface area contributed by atoms with Crippen molar-refractivity contribution >= 4 is 38.6 Å². The maximum absolute atomic E-state index is 11.8. The van der Waals surface area contributed by atoms with E-state index in [0.29, 0.717) is 17.9 Å². The van der Waals surface area contributed by atoms with Crippen molar-refractivity contribution in [2.45, 2.75) is 30.4 Å². The van der Waals surface area contributed by atoms with Crippen LogP contribution < -0.4 is 4.72 Å². The lowest BCUT2D eigenvalue weighted by atomic mass is 10.3. The van der Waals surface area contributed by atoms with E-state index in [9.17, 15) is 18.5 Å². The molecule has 0 spiro atoms. The monoisotopic (exact) mass is 312 g/mol. The van der Waals surface area contributed by atoms with Gasteiger partial charge in [0.1, 0.15) is 4.21 Å². The molecule has 0 amide bonds. The average Bonchev–Trinajstić information content (AvgIpc) is 2.68. The topological polar surface area (TPSA) is 89.3 Å². The SMILES string of the molecule is CCCCCNS(=O)(=O)c1cc([N+](=O)[O-])c(Cl)s1. The molecular weight excluding hydrogens is 300 g/mol. The maximum atomic E-state index is 11.8. The van der Waals surface area contributed by atoms with Crippen molar-refractivity contribution in [3.63, 3.8) is 0 Å². The molecule has 0 radical (unpaired) electrons. The standard InChI is InChI=1S/C9H13ClN2O4S2/c1-2-3-4-5-11-18(15,16)8-6-7(12(13)14)9(10)17-8/h6,11H,2-5H2,1H3. The van der Waals surface area contributed by atoms with Crippen LogP contribution in [-0.2, 0) is 10.0 Å². The first-order valence-electron chi connectivity index (χ1n) is 5.32. The van der Waals surface area contributed by atoms with Crippen LogP contribution in [0, 0.1) is 10.1 Å². The molecule has 9 heteroatoms. The summed E-state index contributed by atoms with van der Waals surface area (Å²) < 4.78 is 25.7. The Morgan fingerprint density at radius 3 is 2.67 bits per heavy atom. The molecule has 6 nitrogen and oxygen atoms in total. The van der Waals surface area contributed by atoms with Gasteiger partial charge in [-0.3, -0.25) is 10.1 Å². The Morgan fingerprint density at radius 1 is 1.50 bits per heavy atom. The Kier molecular flexibility index (Phi) is 5.51. The minimum atomic E-state index is -3.70. The van der Waals surface area contributed by atoms with Crippen LogP contribution in [0.25, 0.3) is 0 Å². The molecule has 0 atom stereocenters. The largest absolute Gasteiger partial charge is 0.300 e. The zero-order valence-corrected chi connectivity index (χ0v) is 12.1. The predicted octanol–water partition coefficient (Wildman–Crippen LogP) is 2.78. The number of nitrogens with zero attached hydrogens (tertiary/aromatic N) is 1. The highest BCUT2D eigenvalue weighted by Crippen LogP contribution is 2.35. The number of unbranched alkanes of at least 4 members (excludes halogenated alkanes) is 2. The number of hydrogen-bond donors (Lipinski definition) is 1. The van der Waals surface area contributed by atoms with Crippen LogP contribution in [0.1, 0.15) is 26.2 Å². The summed E-state index contributed by atoms with van der Waals surface area (Å²) in [5.41, 5.74) is -0.379. The number of halogens is 1. The van der Waals surface area contributed by atoms with Crippen LogP contribution in [-0.4, -0.2) is 19.9 Å². The molecule has 0 bridgehead atoms. The fourth-order valence-corrected chi connectivity index (χ4v) is 4.03. The Bertz CT molecular complexity index is 527. The van der Waals surface area contributed by atoms with Crippen molar-refractivity contribution in [2.75, 3.05) is 6.54 Å². The summed E-state index contributed by atoms with van der Waals surface area (Å²) in [5.74, 6) is 0. The van der Waals surface area contributed by atoms with E-state index >= 15 is 0 Å². The van der Waals surface area contributed by atoms with E-state index < -0.39 is 14.9 Å². The Hall–Kier alpha value is -0.700. The van der Waals surface area contributed by atoms with Crippen molar-refractivity contribution in [3.05, 3.63) is 20.5 Å². The first-order valence-corrected chi connectivity index (χ1v) is 7.99. The summed E-state index contributed by atoms with van der Waals surface area (Å²) in [6, 6.07) is 0.981. The highest BCUT2D eigenvalue weighted by atomic mass is 35.5. The third kappa shape index (κ3) is 3.91. The van der Waals surface area contributed by atoms with E-state index in [-0.39, 0.29) is 14.2 Å². The number of hydrogen-bond acceptors (Lipinski definition) is 5. The molecule has 102 valence electrons. The van der Waals surface area contributed by atoms with E-state index in [4.69, 9.17) is 11.6 Å². The second-order valence-electron chi connectivity index (χ2n) is 3.59. The zero-order valence-electron chi connectivity index (χ0n) is 9.68. The van der Waals surface area contributed by atoms with Gasteiger partial charge in [-0.25, -0.2) is 13.1 Å². The smallest absolute Gasteiger partial charge is 0.258 e. The molecule has 0 unspecified atom stereocenters. The first kappa shape index (κ1) is 15.4. The molecule has 0 saturated heterocycles. The second-order valence-corrected chi connectivity index (χ2v) is 7.23. The molecule has 1 aromatic heterocycles. The molecule has 0 aliphatic heterocycles. The van der Waals surface area contributed by atoms with Gasteiger partial charge >= 0.3 is 0 Å². The number of sulfonamides is 1. The van der Waals surface area contributed by atoms with Crippen molar-refractivity contribution < 1.29 is 13.3 Å². The van der Waals surface area contributed by atoms with Crippen LogP contribution in [0.2, 0.25) is 4.34 Å². The van der Waals surface area contributed by atoms with Gasteiger partial charge in [0.2, 0.25) is 10.0 Å². The minimum absolute atomic E-state index is 0.129. The van der Waals surface area contributed by atoms with Gasteiger partial charge < -0.3 is 0 Å². The highest BCUT2D eigenvalue weighted by Gasteiger charge is 2.24. The molecule has 18 heavy (non-hydrogen) atoms. The van der Waals surface area contributed by atoms with Gasteiger partial charge in [0.25, 0.3) is 5.69 Å². The van der Waals surface area contributed by atoms with Crippen LogP contribution in [0.15, 0.2) is 10.3 Å². The van der Waals surface area contributed by atoms with E-state index in [1.807, 2.05) is 6.92 Å². The summed E-state index contributed by atoms with van der Waals surface area (Å²) >= 11 is 6.30. The summed E-state index contributed by atoms with van der Waals surface area (Å²) in [6.45, 7) is 2.33. The number of nitro groups is 1. The molecule has 0 saturated carbocycles. The molecule has 0 aliphatic rings. The second kappa shape index (κ2) is 6.46. The van der Waals surface area contributed by atoms with Gasteiger partial charge in [-0.05, 0) is 6.42 Å². The van der Waals surface area contributed by atoms with Crippen molar-refractivity contribution in [1.82, 2.24) is 4.72 Å². The van der Waals surface area contributed by atoms with Crippen molar-refractivity contribution in [2.24, 2.45) is 0 Å². The summed E-state index contributed by atoms with van der Waals surface area (Å²) in [7, 11) is -3.70. The van der Waals surface area contributed by atoms with E-state index in [2.05, 4.69) is 4.72 Å². The van der Waals surface area contributed by atoms with Gasteiger partial charge in [0.05, 0.1) is 4.92 Å². The van der Waals surface area contributed by atoms with Gasteiger partial charge in [-0.15, -0.1) is 11.3 Å². The van der Waals surface area contributed by atoms with E-state index in [1.165, 1.54) is 0 Å². The minimum Gasteiger partial charge on any atom is -0.258 e. The molecular formula is C9H13ClN2O4S2. The third-order valence-corrected chi connectivity index (χ3v) is 5.45. The van der Waals surface area contributed by atoms with E-state index in [0.717, 1.165) is 25.3 Å². The predicted molar refractivity (Wildman–Crippen MR) is 70.7 cm³/mol. The Labute approximate surface area is 114 Å². The normalized spacial score (nSPS) is 11.7. The Morgan fingerprint density at radius 2 is 2.17 bits per heavy atom. The summed E-state index contributed by atoms with van der Waals surface area (Å²) in [6.07, 6.45) is 2.64. The zero-order chi connectivity index (χ0) is 13.8. The summed E-state index contributed by atoms with van der Waals surface area (Å²) in [4.78, 5) is 9.87. The van der Waals surface area contributed by atoms with Crippen molar-refractivity contribution in [3.8, 4) is 0 Å². The highest BCUT2D eigenvalue weighted by molar-refractivity contribution is 7.91. The first-order chi connectivity index (χ1) is 8.38. The number of nitrogens with one attached hydrogen (secondary N) is 1. The van der Waals surface area contributed by atoms with Gasteiger partial charge in [0, 0.05) is 12.6 Å². The summed E-state index contributed by atoms with van der Waals surface area (Å²) in [5, 5.41) is 10.6. The molecule has 1 aromatic rings. The lowest BCUT2D eigenvalue weighted by molar-refractivity contribution is -0.384. The van der Waals surface area contributed by atoms with Crippen LogP contribution >= 0.6 is 22.9 Å². The van der Waals surface area contributed by atoms with Gasteiger partial charge in [0.15, 0.2) is 4.34 Å². The Balaban J connectivity index is 2.79. The van der Waals surface area contributed by atoms with Crippen LogP contribution in [0.5, 0.6) is 0 Å². The molecule has 1 heterocycles. The molecule has 0 aromatic carbocycles. The third-order valence-electron chi connectivity index (χ3n) is 2.18. The number of rotatable bonds is 7. The fraction of sp³-hybridized carbons (Fsp3) is 0.556. The average molecular weight is 313 g/mol. The van der Waals surface area contributed by atoms with Crippen molar-refractivity contribution in [1.29, 1.82) is 0 Å².